The van der Waals surface area contributed by atoms with Gasteiger partial charge >= 0.3 is 6.18 Å². The topological polar surface area (TPSA) is 84.3 Å². The highest BCUT2D eigenvalue weighted by Crippen LogP contribution is 2.47. The summed E-state index contributed by atoms with van der Waals surface area (Å²) in [4.78, 5) is 0. The molecular weight excluding hydrogens is 411 g/mol. The predicted molar refractivity (Wildman–Crippen MR) is 98.0 cm³/mol. The summed E-state index contributed by atoms with van der Waals surface area (Å²) in [7, 11) is 0. The van der Waals surface area contributed by atoms with Crippen molar-refractivity contribution in [2.24, 2.45) is 0 Å². The van der Waals surface area contributed by atoms with Crippen LogP contribution in [0.1, 0.15) is 37.1 Å². The van der Waals surface area contributed by atoms with Gasteiger partial charge in [-0.1, -0.05) is 35.0 Å². The fraction of sp³-hybridized carbons (Fsp3) is 0.368. The first-order chi connectivity index (χ1) is 13.6. The van der Waals surface area contributed by atoms with Crippen LogP contribution in [0.5, 0.6) is 0 Å². The van der Waals surface area contributed by atoms with Crippen LogP contribution in [0.3, 0.4) is 0 Å². The first-order valence-corrected chi connectivity index (χ1v) is 9.22. The van der Waals surface area contributed by atoms with Crippen LogP contribution < -0.4 is 0 Å². The lowest BCUT2D eigenvalue weighted by Gasteiger charge is -2.41. The second kappa shape index (κ2) is 6.86. The average Bonchev–Trinajstić information content (AvgIpc) is 3.23. The molecule has 6 nitrogen and oxygen atoms in total. The number of rotatable bonds is 4. The van der Waals surface area contributed by atoms with Crippen LogP contribution in [0.25, 0.3) is 22.6 Å². The van der Waals surface area contributed by atoms with Crippen LogP contribution in [0.2, 0.25) is 5.02 Å². The summed E-state index contributed by atoms with van der Waals surface area (Å²) in [5.74, 6) is -0.216. The van der Waals surface area contributed by atoms with Gasteiger partial charge in [-0.05, 0) is 25.8 Å². The maximum Gasteiger partial charge on any atom is 0.433 e. The van der Waals surface area contributed by atoms with Gasteiger partial charge in [-0.15, -0.1) is 0 Å². The van der Waals surface area contributed by atoms with E-state index in [-0.39, 0.29) is 35.4 Å². The average molecular weight is 428 g/mol. The van der Waals surface area contributed by atoms with E-state index in [1.54, 1.807) is 31.2 Å². The highest BCUT2D eigenvalue weighted by Gasteiger charge is 2.47. The summed E-state index contributed by atoms with van der Waals surface area (Å²) < 4.78 is 47.8. The lowest BCUT2D eigenvalue weighted by Crippen LogP contribution is -2.43. The van der Waals surface area contributed by atoms with Crippen molar-refractivity contribution in [3.8, 4) is 22.6 Å². The molecule has 4 rings (SSSR count). The van der Waals surface area contributed by atoms with Crippen LogP contribution >= 0.6 is 11.6 Å². The van der Waals surface area contributed by atoms with Crippen molar-refractivity contribution in [3.05, 3.63) is 46.7 Å². The molecular formula is C19H17ClF3N3O3. The summed E-state index contributed by atoms with van der Waals surface area (Å²) in [6.07, 6.45) is -3.36. The molecule has 0 spiro atoms. The first kappa shape index (κ1) is 19.9. The number of hydrogen-bond donors (Lipinski definition) is 2. The number of aliphatic hydroxyl groups is 2. The minimum Gasteiger partial charge on any atom is -0.391 e. The second-order valence-electron chi connectivity index (χ2n) is 7.39. The summed E-state index contributed by atoms with van der Waals surface area (Å²) in [5.41, 5.74) is -1.65. The molecule has 0 aliphatic heterocycles. The molecule has 0 amide bonds. The largest absolute Gasteiger partial charge is 0.433 e. The maximum absolute atomic E-state index is 13.9. The molecule has 1 fully saturated rings. The number of hydrogen-bond acceptors (Lipinski definition) is 5. The van der Waals surface area contributed by atoms with Crippen LogP contribution in [0.15, 0.2) is 35.0 Å². The lowest BCUT2D eigenvalue weighted by atomic mass is 9.77. The molecule has 3 aromatic rings. The number of nitrogens with zero attached hydrogens (tertiary/aromatic N) is 3. The third kappa shape index (κ3) is 3.43. The number of halogens is 4. The predicted octanol–water partition coefficient (Wildman–Crippen LogP) is 4.46. The van der Waals surface area contributed by atoms with Gasteiger partial charge in [0, 0.05) is 5.56 Å². The number of benzene rings is 1. The normalized spacial score (nSPS) is 22.0. The molecule has 1 saturated carbocycles. The van der Waals surface area contributed by atoms with Crippen molar-refractivity contribution in [1.82, 2.24) is 14.9 Å². The smallest absolute Gasteiger partial charge is 0.391 e. The Balaban J connectivity index is 1.84. The second-order valence-corrected chi connectivity index (χ2v) is 7.79. The van der Waals surface area contributed by atoms with Gasteiger partial charge in [-0.2, -0.15) is 18.3 Å². The van der Waals surface area contributed by atoms with E-state index in [0.29, 0.717) is 10.6 Å². The van der Waals surface area contributed by atoms with E-state index in [1.807, 2.05) is 0 Å². The minimum absolute atomic E-state index is 0.0868. The Morgan fingerprint density at radius 2 is 1.97 bits per heavy atom. The Bertz CT molecular complexity index is 1050. The molecule has 0 radical (unpaired) electrons. The van der Waals surface area contributed by atoms with Gasteiger partial charge in [0.25, 0.3) is 0 Å². The molecule has 1 aliphatic rings. The Kier molecular flexibility index (Phi) is 4.71. The molecule has 29 heavy (non-hydrogen) atoms. The molecule has 0 unspecified atom stereocenters. The number of alkyl halides is 3. The van der Waals surface area contributed by atoms with Gasteiger partial charge in [0.1, 0.15) is 5.69 Å². The Hall–Kier alpha value is -2.36. The van der Waals surface area contributed by atoms with Gasteiger partial charge in [0.15, 0.2) is 11.5 Å². The van der Waals surface area contributed by atoms with Crippen LogP contribution in [-0.2, 0) is 12.8 Å². The Morgan fingerprint density at radius 1 is 1.28 bits per heavy atom. The molecule has 0 bridgehead atoms. The first-order valence-electron chi connectivity index (χ1n) is 8.84. The number of aromatic nitrogens is 3. The van der Waals surface area contributed by atoms with Gasteiger partial charge < -0.3 is 14.7 Å². The highest BCUT2D eigenvalue weighted by molar-refractivity contribution is 6.33. The zero-order chi connectivity index (χ0) is 21.0. The Labute approximate surface area is 168 Å². The minimum atomic E-state index is -4.72. The highest BCUT2D eigenvalue weighted by atomic mass is 35.5. The molecule has 0 atom stereocenters. The summed E-state index contributed by atoms with van der Waals surface area (Å²) >= 11 is 6.16. The van der Waals surface area contributed by atoms with E-state index >= 15 is 0 Å². The molecule has 1 aliphatic carbocycles. The molecule has 1 aromatic carbocycles. The van der Waals surface area contributed by atoms with Crippen molar-refractivity contribution >= 4 is 11.6 Å². The van der Waals surface area contributed by atoms with Crippen LogP contribution in [0, 0.1) is 0 Å². The van der Waals surface area contributed by atoms with Gasteiger partial charge in [0.05, 0.1) is 40.6 Å². The molecule has 2 N–H and O–H groups in total. The summed E-state index contributed by atoms with van der Waals surface area (Å²) in [6, 6.07) is 6.05. The van der Waals surface area contributed by atoms with Crippen molar-refractivity contribution in [2.75, 3.05) is 0 Å². The van der Waals surface area contributed by atoms with Gasteiger partial charge in [0.2, 0.25) is 0 Å². The van der Waals surface area contributed by atoms with E-state index in [9.17, 15) is 23.4 Å². The molecule has 154 valence electrons. The molecule has 10 heteroatoms. The Morgan fingerprint density at radius 3 is 2.55 bits per heavy atom. The fourth-order valence-corrected chi connectivity index (χ4v) is 3.97. The van der Waals surface area contributed by atoms with Crippen molar-refractivity contribution in [2.45, 2.75) is 44.2 Å². The van der Waals surface area contributed by atoms with E-state index in [2.05, 4.69) is 10.3 Å². The lowest BCUT2D eigenvalue weighted by molar-refractivity contribution is -0.148. The zero-order valence-corrected chi connectivity index (χ0v) is 16.0. The maximum atomic E-state index is 13.9. The quantitative estimate of drug-likeness (QED) is 0.642. The molecule has 2 aromatic heterocycles. The standard InChI is InChI=1S/C19H17ClF3N3O3/c1-18(28)6-10(7-18)26-17(19(21,22)23)12(8-24-26)16-13(9-27)15(25-29-16)11-4-2-3-5-14(11)20/h2-5,8,10,27-28H,6-7,9H2,1H3. The van der Waals surface area contributed by atoms with Gasteiger partial charge in [-0.3, -0.25) is 4.68 Å². The van der Waals surface area contributed by atoms with Crippen molar-refractivity contribution in [3.63, 3.8) is 0 Å². The third-order valence-electron chi connectivity index (χ3n) is 5.08. The van der Waals surface area contributed by atoms with E-state index in [4.69, 9.17) is 16.1 Å². The van der Waals surface area contributed by atoms with Crippen molar-refractivity contribution < 1.29 is 27.9 Å². The van der Waals surface area contributed by atoms with Crippen LogP contribution in [0.4, 0.5) is 13.2 Å². The monoisotopic (exact) mass is 427 g/mol. The molecule has 2 heterocycles. The zero-order valence-electron chi connectivity index (χ0n) is 15.2. The van der Waals surface area contributed by atoms with Crippen LogP contribution in [-0.4, -0.2) is 30.8 Å². The summed E-state index contributed by atoms with van der Waals surface area (Å²) in [5, 5.41) is 27.9. The van der Waals surface area contributed by atoms with Crippen molar-refractivity contribution in [1.29, 1.82) is 0 Å². The van der Waals surface area contributed by atoms with E-state index in [0.717, 1.165) is 10.9 Å². The number of aliphatic hydroxyl groups excluding tert-OH is 1. The molecule has 0 saturated heterocycles. The van der Waals surface area contributed by atoms with Gasteiger partial charge in [-0.25, -0.2) is 0 Å². The van der Waals surface area contributed by atoms with E-state index in [1.165, 1.54) is 0 Å². The summed E-state index contributed by atoms with van der Waals surface area (Å²) in [6.45, 7) is 0.970. The fourth-order valence-electron chi connectivity index (χ4n) is 3.75. The van der Waals surface area contributed by atoms with E-state index < -0.39 is 30.1 Å². The SMILES string of the molecule is CC1(O)CC(n2ncc(-c3onc(-c4ccccc4Cl)c3CO)c2C(F)(F)F)C1. The third-order valence-corrected chi connectivity index (χ3v) is 5.41.